The van der Waals surface area contributed by atoms with E-state index in [1.165, 1.54) is 4.57 Å². The highest BCUT2D eigenvalue weighted by molar-refractivity contribution is 6.00. The zero-order chi connectivity index (χ0) is 22.9. The van der Waals surface area contributed by atoms with E-state index in [1.54, 1.807) is 37.6 Å². The van der Waals surface area contributed by atoms with E-state index in [0.717, 1.165) is 5.56 Å². The van der Waals surface area contributed by atoms with Crippen LogP contribution < -0.4 is 15.9 Å². The number of aromatic nitrogens is 4. The molecule has 0 radical (unpaired) electrons. The second-order valence-electron chi connectivity index (χ2n) is 8.04. The standard InChI is InChI=1S/C24H24N6O3/c1-15(16-7-4-3-5-8-16)29-13-17(14-33-2)26-23(31)18-10-11-20(27-22(18)29)30-19-9-6-12-25-21(19)28-24(30)32/h3-12,15,17H,13-14H2,1-2H3,(H,26,31)(H,25,28,32)/t15-,17-/m0/s1. The molecule has 3 aromatic heterocycles. The predicted octanol–water partition coefficient (Wildman–Crippen LogP) is 2.43. The first-order valence-electron chi connectivity index (χ1n) is 10.8. The van der Waals surface area contributed by atoms with Crippen molar-refractivity contribution in [2.45, 2.75) is 19.0 Å². The van der Waals surface area contributed by atoms with Crippen molar-refractivity contribution in [3.63, 3.8) is 0 Å². The van der Waals surface area contributed by atoms with E-state index >= 15 is 0 Å². The SMILES string of the molecule is COC[C@@H]1CN([C@@H](C)c2ccccc2)c2nc(-n3c(=O)[nH]c4ncccc43)ccc2C(=O)N1. The van der Waals surface area contributed by atoms with E-state index in [1.807, 2.05) is 18.2 Å². The molecule has 168 valence electrons. The van der Waals surface area contributed by atoms with E-state index in [9.17, 15) is 9.59 Å². The Hall–Kier alpha value is -3.98. The first-order chi connectivity index (χ1) is 16.1. The van der Waals surface area contributed by atoms with Crippen LogP contribution in [0.5, 0.6) is 0 Å². The zero-order valence-corrected chi connectivity index (χ0v) is 18.4. The van der Waals surface area contributed by atoms with Gasteiger partial charge in [-0.25, -0.2) is 19.3 Å². The number of ether oxygens (including phenoxy) is 1. The van der Waals surface area contributed by atoms with Gasteiger partial charge in [-0.15, -0.1) is 0 Å². The fourth-order valence-corrected chi connectivity index (χ4v) is 4.31. The van der Waals surface area contributed by atoms with Crippen LogP contribution in [-0.4, -0.2) is 51.7 Å². The predicted molar refractivity (Wildman–Crippen MR) is 125 cm³/mol. The van der Waals surface area contributed by atoms with Crippen LogP contribution in [-0.2, 0) is 4.74 Å². The molecule has 0 aliphatic carbocycles. The molecule has 2 N–H and O–H groups in total. The average Bonchev–Trinajstić information content (AvgIpc) is 3.10. The van der Waals surface area contributed by atoms with Crippen LogP contribution in [0.25, 0.3) is 17.0 Å². The Labute approximate surface area is 190 Å². The van der Waals surface area contributed by atoms with Crippen molar-refractivity contribution < 1.29 is 9.53 Å². The number of H-pyrrole nitrogens is 1. The number of methoxy groups -OCH3 is 1. The Morgan fingerprint density at radius 2 is 1.94 bits per heavy atom. The number of nitrogens with zero attached hydrogens (tertiary/aromatic N) is 4. The Bertz CT molecular complexity index is 1360. The lowest BCUT2D eigenvalue weighted by Crippen LogP contribution is -2.44. The molecule has 1 aliphatic heterocycles. The third-order valence-corrected chi connectivity index (χ3v) is 5.93. The lowest BCUT2D eigenvalue weighted by atomic mass is 10.1. The van der Waals surface area contributed by atoms with Crippen molar-refractivity contribution in [3.05, 3.63) is 82.4 Å². The van der Waals surface area contributed by atoms with Crippen LogP contribution in [0, 0.1) is 0 Å². The average molecular weight is 444 g/mol. The molecule has 9 heteroatoms. The second-order valence-corrected chi connectivity index (χ2v) is 8.04. The molecule has 0 unspecified atom stereocenters. The Kier molecular flexibility index (Phi) is 5.39. The minimum absolute atomic E-state index is 0.0684. The Morgan fingerprint density at radius 3 is 2.73 bits per heavy atom. The minimum Gasteiger partial charge on any atom is -0.382 e. The number of amides is 1. The summed E-state index contributed by atoms with van der Waals surface area (Å²) in [7, 11) is 1.61. The van der Waals surface area contributed by atoms with E-state index in [4.69, 9.17) is 9.72 Å². The molecule has 1 aromatic carbocycles. The molecule has 2 atom stereocenters. The maximum Gasteiger partial charge on any atom is 0.333 e. The first-order valence-corrected chi connectivity index (χ1v) is 10.8. The van der Waals surface area contributed by atoms with Crippen molar-refractivity contribution in [2.24, 2.45) is 0 Å². The molecule has 4 heterocycles. The molecule has 0 bridgehead atoms. The summed E-state index contributed by atoms with van der Waals surface area (Å²) in [6.45, 7) is 2.95. The number of rotatable bonds is 5. The minimum atomic E-state index is -0.339. The highest BCUT2D eigenvalue weighted by Gasteiger charge is 2.31. The van der Waals surface area contributed by atoms with Gasteiger partial charge in [-0.3, -0.25) is 9.78 Å². The number of carbonyl (C=O) groups excluding carboxylic acids is 1. The summed E-state index contributed by atoms with van der Waals surface area (Å²) in [5.74, 6) is 0.716. The number of fused-ring (bicyclic) bond motifs is 2. The number of imidazole rings is 1. The molecule has 1 aliphatic rings. The summed E-state index contributed by atoms with van der Waals surface area (Å²) >= 11 is 0. The van der Waals surface area contributed by atoms with Crippen molar-refractivity contribution in [1.82, 2.24) is 24.8 Å². The maximum absolute atomic E-state index is 13.1. The Morgan fingerprint density at radius 1 is 1.12 bits per heavy atom. The molecule has 0 spiro atoms. The van der Waals surface area contributed by atoms with Gasteiger partial charge in [-0.1, -0.05) is 30.3 Å². The van der Waals surface area contributed by atoms with E-state index in [-0.39, 0.29) is 23.7 Å². The van der Waals surface area contributed by atoms with E-state index < -0.39 is 0 Å². The first kappa shape index (κ1) is 20.9. The van der Waals surface area contributed by atoms with Crippen LogP contribution in [0.4, 0.5) is 5.82 Å². The Balaban J connectivity index is 1.67. The third kappa shape index (κ3) is 3.76. The third-order valence-electron chi connectivity index (χ3n) is 5.93. The number of hydrogen-bond acceptors (Lipinski definition) is 6. The van der Waals surface area contributed by atoms with Gasteiger partial charge in [0, 0.05) is 19.9 Å². The highest BCUT2D eigenvalue weighted by atomic mass is 16.5. The maximum atomic E-state index is 13.1. The van der Waals surface area contributed by atoms with Gasteiger partial charge in [0.05, 0.1) is 29.8 Å². The lowest BCUT2D eigenvalue weighted by molar-refractivity contribution is 0.0906. The molecular weight excluding hydrogens is 420 g/mol. The van der Waals surface area contributed by atoms with Crippen molar-refractivity contribution >= 4 is 22.9 Å². The van der Waals surface area contributed by atoms with Crippen LogP contribution >= 0.6 is 0 Å². The van der Waals surface area contributed by atoms with E-state index in [2.05, 4.69) is 39.2 Å². The quantitative estimate of drug-likeness (QED) is 0.490. The summed E-state index contributed by atoms with van der Waals surface area (Å²) in [6, 6.07) is 16.7. The van der Waals surface area contributed by atoms with Gasteiger partial charge in [-0.05, 0) is 36.8 Å². The van der Waals surface area contributed by atoms with Gasteiger partial charge in [0.1, 0.15) is 11.6 Å². The highest BCUT2D eigenvalue weighted by Crippen LogP contribution is 2.31. The van der Waals surface area contributed by atoms with Crippen LogP contribution in [0.15, 0.2) is 65.6 Å². The number of anilines is 1. The summed E-state index contributed by atoms with van der Waals surface area (Å²) in [4.78, 5) is 39.7. The van der Waals surface area contributed by atoms with Gasteiger partial charge < -0.3 is 15.0 Å². The van der Waals surface area contributed by atoms with Gasteiger partial charge in [0.15, 0.2) is 5.65 Å². The van der Waals surface area contributed by atoms with E-state index in [0.29, 0.717) is 41.5 Å². The zero-order valence-electron chi connectivity index (χ0n) is 18.4. The summed E-state index contributed by atoms with van der Waals surface area (Å²) in [5.41, 5.74) is 2.30. The second kappa shape index (κ2) is 8.51. The van der Waals surface area contributed by atoms with Crippen molar-refractivity contribution in [2.75, 3.05) is 25.2 Å². The van der Waals surface area contributed by atoms with Gasteiger partial charge in [-0.2, -0.15) is 0 Å². The smallest absolute Gasteiger partial charge is 0.333 e. The molecular formula is C24H24N6O3. The fourth-order valence-electron chi connectivity index (χ4n) is 4.31. The largest absolute Gasteiger partial charge is 0.382 e. The number of nitrogens with one attached hydrogen (secondary N) is 2. The molecule has 0 saturated carbocycles. The summed E-state index contributed by atoms with van der Waals surface area (Å²) in [6.07, 6.45) is 1.62. The van der Waals surface area contributed by atoms with Gasteiger partial charge in [0.2, 0.25) is 0 Å². The lowest BCUT2D eigenvalue weighted by Gasteiger charge is -2.32. The molecule has 0 fully saturated rings. The monoisotopic (exact) mass is 444 g/mol. The number of carbonyl (C=O) groups is 1. The molecule has 1 amide bonds. The molecule has 4 aromatic rings. The van der Waals surface area contributed by atoms with Crippen LogP contribution in [0.1, 0.15) is 28.9 Å². The summed E-state index contributed by atoms with van der Waals surface area (Å²) < 4.78 is 6.82. The van der Waals surface area contributed by atoms with Gasteiger partial charge >= 0.3 is 5.69 Å². The topological polar surface area (TPSA) is 105 Å². The van der Waals surface area contributed by atoms with Crippen LogP contribution in [0.2, 0.25) is 0 Å². The molecule has 5 rings (SSSR count). The molecule has 9 nitrogen and oxygen atoms in total. The van der Waals surface area contributed by atoms with Gasteiger partial charge in [0.25, 0.3) is 5.91 Å². The number of pyridine rings is 2. The number of hydrogen-bond donors (Lipinski definition) is 2. The van der Waals surface area contributed by atoms with Crippen molar-refractivity contribution in [3.8, 4) is 5.82 Å². The summed E-state index contributed by atoms with van der Waals surface area (Å²) in [5, 5.41) is 3.04. The van der Waals surface area contributed by atoms with Crippen LogP contribution in [0.3, 0.4) is 0 Å². The van der Waals surface area contributed by atoms with Crippen molar-refractivity contribution in [1.29, 1.82) is 0 Å². The normalized spacial score (nSPS) is 16.8. The molecule has 0 saturated heterocycles. The fraction of sp³-hybridized carbons (Fsp3) is 0.250. The molecule has 33 heavy (non-hydrogen) atoms. The number of benzene rings is 1. The number of aromatic amines is 1.